The lowest BCUT2D eigenvalue weighted by Crippen LogP contribution is -2.25. The van der Waals surface area contributed by atoms with Gasteiger partial charge in [-0.3, -0.25) is 0 Å². The summed E-state index contributed by atoms with van der Waals surface area (Å²) in [5.74, 6) is 1.14. The highest BCUT2D eigenvalue weighted by Crippen LogP contribution is 2.40. The maximum atomic E-state index is 4.54. The predicted octanol–water partition coefficient (Wildman–Crippen LogP) is 4.92. The van der Waals surface area contributed by atoms with Crippen molar-refractivity contribution in [2.45, 2.75) is 57.5 Å². The third-order valence-corrected chi connectivity index (χ3v) is 6.30. The maximum Gasteiger partial charge on any atom is 0.187 e. The van der Waals surface area contributed by atoms with Crippen LogP contribution in [0.15, 0.2) is 11.2 Å². The van der Waals surface area contributed by atoms with Crippen LogP contribution in [0.2, 0.25) is 0 Å². The molecule has 0 N–H and O–H groups in total. The first kappa shape index (κ1) is 15.3. The minimum atomic E-state index is 0.447. The summed E-state index contributed by atoms with van der Waals surface area (Å²) in [5.41, 5.74) is 2.59. The molecule has 1 aromatic heterocycles. The molecule has 0 aromatic carbocycles. The number of hydrogen-bond donors (Lipinski definition) is 0. The molecule has 0 unspecified atom stereocenters. The quantitative estimate of drug-likeness (QED) is 0.336. The van der Waals surface area contributed by atoms with Gasteiger partial charge in [-0.2, -0.15) is 0 Å². The van der Waals surface area contributed by atoms with Crippen molar-refractivity contribution in [2.24, 2.45) is 5.41 Å². The first-order chi connectivity index (χ1) is 9.13. The van der Waals surface area contributed by atoms with E-state index >= 15 is 0 Å². The maximum absolute atomic E-state index is 4.54. The van der Waals surface area contributed by atoms with Crippen LogP contribution < -0.4 is 0 Å². The number of hydrogen-bond acceptors (Lipinski definition) is 3. The van der Waals surface area contributed by atoms with Crippen molar-refractivity contribution in [1.29, 1.82) is 0 Å². The van der Waals surface area contributed by atoms with E-state index in [1.54, 1.807) is 0 Å². The van der Waals surface area contributed by atoms with Gasteiger partial charge in [-0.1, -0.05) is 53.4 Å². The topological polar surface area (TPSA) is 25.8 Å². The number of alkyl halides is 1. The zero-order valence-corrected chi connectivity index (χ0v) is 14.3. The van der Waals surface area contributed by atoms with Gasteiger partial charge >= 0.3 is 0 Å². The van der Waals surface area contributed by atoms with Gasteiger partial charge in [0.2, 0.25) is 0 Å². The Morgan fingerprint density at radius 2 is 1.68 bits per heavy atom. The van der Waals surface area contributed by atoms with Crippen LogP contribution in [-0.2, 0) is 0 Å². The van der Waals surface area contributed by atoms with Crippen LogP contribution in [0.1, 0.15) is 49.9 Å². The van der Waals surface area contributed by atoms with Gasteiger partial charge in [0.25, 0.3) is 0 Å². The molecule has 4 heteroatoms. The molecule has 0 aliphatic heterocycles. The summed E-state index contributed by atoms with van der Waals surface area (Å²) in [6.45, 7) is 4.09. The first-order valence-corrected chi connectivity index (χ1v) is 9.25. The number of nitrogens with zero attached hydrogens (tertiary/aromatic N) is 2. The summed E-state index contributed by atoms with van der Waals surface area (Å²) in [5, 5.41) is 2.06. The van der Waals surface area contributed by atoms with Gasteiger partial charge < -0.3 is 0 Å². The lowest BCUT2D eigenvalue weighted by Gasteiger charge is -2.30. The fraction of sp³-hybridized carbons (Fsp3) is 0.733. The van der Waals surface area contributed by atoms with E-state index in [4.69, 9.17) is 0 Å². The minimum Gasteiger partial charge on any atom is -0.228 e. The molecule has 1 aliphatic carbocycles. The summed E-state index contributed by atoms with van der Waals surface area (Å²) >= 11 is 5.59. The zero-order valence-electron chi connectivity index (χ0n) is 11.9. The Labute approximate surface area is 129 Å². The van der Waals surface area contributed by atoms with Gasteiger partial charge in [-0.05, 0) is 38.2 Å². The highest BCUT2D eigenvalue weighted by atomic mass is 79.9. The molecular formula is C15H23BrN2S. The Hall–Kier alpha value is -0.0900. The van der Waals surface area contributed by atoms with Crippen molar-refractivity contribution in [3.05, 3.63) is 17.5 Å². The molecule has 0 radical (unpaired) electrons. The van der Waals surface area contributed by atoms with E-state index in [0.29, 0.717) is 5.41 Å². The van der Waals surface area contributed by atoms with Gasteiger partial charge in [-0.15, -0.1) is 0 Å². The van der Waals surface area contributed by atoms with Crippen LogP contribution in [0.3, 0.4) is 0 Å². The number of thioether (sulfide) groups is 1. The smallest absolute Gasteiger partial charge is 0.187 e. The Balaban J connectivity index is 2.02. The Morgan fingerprint density at radius 3 is 2.21 bits per heavy atom. The van der Waals surface area contributed by atoms with Crippen LogP contribution in [0.5, 0.6) is 0 Å². The second-order valence-electron chi connectivity index (χ2n) is 5.77. The van der Waals surface area contributed by atoms with E-state index in [1.165, 1.54) is 38.5 Å². The molecule has 1 saturated carbocycles. The predicted molar refractivity (Wildman–Crippen MR) is 86.2 cm³/mol. The van der Waals surface area contributed by atoms with Crippen molar-refractivity contribution in [3.63, 3.8) is 0 Å². The van der Waals surface area contributed by atoms with Gasteiger partial charge in [0.15, 0.2) is 5.16 Å². The normalized spacial score (nSPS) is 19.1. The molecule has 1 aromatic rings. The minimum absolute atomic E-state index is 0.447. The lowest BCUT2D eigenvalue weighted by atomic mass is 9.85. The Bertz CT molecular complexity index is 394. The van der Waals surface area contributed by atoms with E-state index in [0.717, 1.165) is 27.6 Å². The molecule has 0 atom stereocenters. The molecule has 2 nitrogen and oxygen atoms in total. The monoisotopic (exact) mass is 342 g/mol. The van der Waals surface area contributed by atoms with Crippen LogP contribution in [0.25, 0.3) is 0 Å². The second kappa shape index (κ2) is 7.07. The lowest BCUT2D eigenvalue weighted by molar-refractivity contribution is 0.334. The van der Waals surface area contributed by atoms with Gasteiger partial charge in [0.1, 0.15) is 0 Å². The molecule has 0 spiro atoms. The van der Waals surface area contributed by atoms with E-state index in [9.17, 15) is 0 Å². The number of aromatic nitrogens is 2. The second-order valence-corrected chi connectivity index (χ2v) is 7.27. The average Bonchev–Trinajstić information content (AvgIpc) is 2.61. The molecule has 106 valence electrons. The molecule has 2 rings (SSSR count). The van der Waals surface area contributed by atoms with Crippen LogP contribution in [0.4, 0.5) is 0 Å². The summed E-state index contributed by atoms with van der Waals surface area (Å²) in [6.07, 6.45) is 8.24. The third-order valence-electron chi connectivity index (χ3n) is 3.92. The molecule has 0 saturated heterocycles. The zero-order chi connectivity index (χ0) is 13.7. The molecule has 19 heavy (non-hydrogen) atoms. The molecular weight excluding hydrogens is 320 g/mol. The summed E-state index contributed by atoms with van der Waals surface area (Å²) in [4.78, 5) is 9.09. The van der Waals surface area contributed by atoms with Gasteiger partial charge in [0.05, 0.1) is 0 Å². The van der Waals surface area contributed by atoms with Crippen LogP contribution in [-0.4, -0.2) is 21.1 Å². The molecule has 0 bridgehead atoms. The standard InChI is InChI=1S/C15H23BrN2S/c1-12-9-13(2)18-14(17-12)19-11-15(10-16)7-5-3-4-6-8-15/h9H,3-8,10-11H2,1-2H3. The van der Waals surface area contributed by atoms with E-state index < -0.39 is 0 Å². The van der Waals surface area contributed by atoms with Crippen molar-refractivity contribution in [1.82, 2.24) is 9.97 Å². The van der Waals surface area contributed by atoms with Crippen LogP contribution in [0, 0.1) is 19.3 Å². The highest BCUT2D eigenvalue weighted by molar-refractivity contribution is 9.09. The summed E-state index contributed by atoms with van der Waals surface area (Å²) in [7, 11) is 0. The molecule has 1 fully saturated rings. The van der Waals surface area contributed by atoms with E-state index in [-0.39, 0.29) is 0 Å². The van der Waals surface area contributed by atoms with E-state index in [2.05, 4.69) is 25.9 Å². The fourth-order valence-electron chi connectivity index (χ4n) is 2.77. The fourth-order valence-corrected chi connectivity index (χ4v) is 5.04. The summed E-state index contributed by atoms with van der Waals surface area (Å²) in [6, 6.07) is 2.04. The molecule has 1 heterocycles. The van der Waals surface area contributed by atoms with Crippen molar-refractivity contribution in [3.8, 4) is 0 Å². The Kier molecular flexibility index (Phi) is 5.70. The molecule has 0 amide bonds. The van der Waals surface area contributed by atoms with Crippen molar-refractivity contribution in [2.75, 3.05) is 11.1 Å². The van der Waals surface area contributed by atoms with Crippen LogP contribution >= 0.6 is 27.7 Å². The van der Waals surface area contributed by atoms with Gasteiger partial charge in [0, 0.05) is 22.5 Å². The van der Waals surface area contributed by atoms with Gasteiger partial charge in [-0.25, -0.2) is 9.97 Å². The Morgan fingerprint density at radius 1 is 1.11 bits per heavy atom. The van der Waals surface area contributed by atoms with Crippen molar-refractivity contribution < 1.29 is 0 Å². The first-order valence-electron chi connectivity index (χ1n) is 7.15. The SMILES string of the molecule is Cc1cc(C)nc(SCC2(CBr)CCCCCC2)n1. The average molecular weight is 343 g/mol. The largest absolute Gasteiger partial charge is 0.228 e. The molecule has 1 aliphatic rings. The third kappa shape index (κ3) is 4.45. The highest BCUT2D eigenvalue weighted by Gasteiger charge is 2.30. The number of rotatable bonds is 4. The van der Waals surface area contributed by atoms with Crippen molar-refractivity contribution >= 4 is 27.7 Å². The number of aryl methyl sites for hydroxylation is 2. The van der Waals surface area contributed by atoms with E-state index in [1.807, 2.05) is 31.7 Å². The summed E-state index contributed by atoms with van der Waals surface area (Å²) < 4.78 is 0. The number of halogens is 1.